The molecule has 1 aromatic heterocycles. The molecule has 198 valence electrons. The minimum absolute atomic E-state index is 0.203. The zero-order valence-electron chi connectivity index (χ0n) is 22.0. The molecule has 37 heavy (non-hydrogen) atoms. The fraction of sp³-hybridized carbons (Fsp3) is 0.370. The Hall–Kier alpha value is -3.56. The summed E-state index contributed by atoms with van der Waals surface area (Å²) in [7, 11) is 4.54. The standard InChI is InChI=1S/C27H33ClN4O5/c1-27(2,3)23-16-24(32(30-23)21-10-8-7-9-20(21)28)29-25(33)17-31(13-14-35-4)26(34)19-12-11-18(36-5)15-22(19)37-6/h7-12,15-16H,13-14,17H2,1-6H3,(H,29,33). The van der Waals surface area contributed by atoms with E-state index in [1.165, 1.54) is 26.2 Å². The van der Waals surface area contributed by atoms with Gasteiger partial charge < -0.3 is 24.4 Å². The van der Waals surface area contributed by atoms with Gasteiger partial charge in [-0.2, -0.15) is 5.10 Å². The van der Waals surface area contributed by atoms with E-state index < -0.39 is 5.91 Å². The summed E-state index contributed by atoms with van der Waals surface area (Å²) in [5, 5.41) is 8.10. The number of amides is 2. The largest absolute Gasteiger partial charge is 0.497 e. The summed E-state index contributed by atoms with van der Waals surface area (Å²) >= 11 is 6.43. The number of carbonyl (C=O) groups is 2. The molecular weight excluding hydrogens is 496 g/mol. The summed E-state index contributed by atoms with van der Waals surface area (Å²) in [5.41, 5.74) is 1.45. The van der Waals surface area contributed by atoms with E-state index in [2.05, 4.69) is 5.32 Å². The Morgan fingerprint density at radius 1 is 1.05 bits per heavy atom. The average Bonchev–Trinajstić information content (AvgIpc) is 3.29. The molecule has 2 aromatic carbocycles. The molecule has 0 fully saturated rings. The number of methoxy groups -OCH3 is 3. The molecule has 0 aliphatic carbocycles. The van der Waals surface area contributed by atoms with Gasteiger partial charge in [0.05, 0.1) is 42.8 Å². The van der Waals surface area contributed by atoms with Crippen LogP contribution >= 0.6 is 11.6 Å². The van der Waals surface area contributed by atoms with Gasteiger partial charge in [-0.05, 0) is 24.3 Å². The van der Waals surface area contributed by atoms with Crippen LogP contribution in [-0.2, 0) is 14.9 Å². The second-order valence-corrected chi connectivity index (χ2v) is 9.77. The highest BCUT2D eigenvalue weighted by Gasteiger charge is 2.25. The van der Waals surface area contributed by atoms with Gasteiger partial charge in [0.25, 0.3) is 5.91 Å². The number of para-hydroxylation sites is 1. The lowest BCUT2D eigenvalue weighted by Crippen LogP contribution is -2.40. The lowest BCUT2D eigenvalue weighted by molar-refractivity contribution is -0.117. The van der Waals surface area contributed by atoms with Gasteiger partial charge in [0, 0.05) is 31.2 Å². The summed E-state index contributed by atoms with van der Waals surface area (Å²) in [5.74, 6) is 0.576. The quantitative estimate of drug-likeness (QED) is 0.414. The van der Waals surface area contributed by atoms with Crippen LogP contribution in [0.3, 0.4) is 0 Å². The summed E-state index contributed by atoms with van der Waals surface area (Å²) in [6, 6.07) is 14.0. The smallest absolute Gasteiger partial charge is 0.258 e. The van der Waals surface area contributed by atoms with E-state index in [0.717, 1.165) is 5.69 Å². The van der Waals surface area contributed by atoms with Crippen LogP contribution in [0, 0.1) is 0 Å². The molecule has 0 aliphatic heterocycles. The van der Waals surface area contributed by atoms with Crippen molar-refractivity contribution in [3.8, 4) is 17.2 Å². The van der Waals surface area contributed by atoms with Crippen LogP contribution in [0.4, 0.5) is 5.82 Å². The van der Waals surface area contributed by atoms with E-state index in [1.807, 2.05) is 45.0 Å². The van der Waals surface area contributed by atoms with Crippen LogP contribution in [0.5, 0.6) is 11.5 Å². The number of nitrogens with one attached hydrogen (secondary N) is 1. The van der Waals surface area contributed by atoms with Crippen molar-refractivity contribution in [2.24, 2.45) is 0 Å². The Labute approximate surface area is 222 Å². The summed E-state index contributed by atoms with van der Waals surface area (Å²) in [6.07, 6.45) is 0. The van der Waals surface area contributed by atoms with Gasteiger partial charge in [0.2, 0.25) is 5.91 Å². The third kappa shape index (κ3) is 6.81. The number of nitrogens with zero attached hydrogens (tertiary/aromatic N) is 3. The van der Waals surface area contributed by atoms with E-state index in [4.69, 9.17) is 30.9 Å². The van der Waals surface area contributed by atoms with Crippen LogP contribution < -0.4 is 14.8 Å². The summed E-state index contributed by atoms with van der Waals surface area (Å²) < 4.78 is 17.4. The predicted molar refractivity (Wildman–Crippen MR) is 143 cm³/mol. The number of halogens is 1. The molecule has 0 aliphatic rings. The van der Waals surface area contributed by atoms with Crippen molar-refractivity contribution in [3.63, 3.8) is 0 Å². The summed E-state index contributed by atoms with van der Waals surface area (Å²) in [4.78, 5) is 28.1. The number of rotatable bonds is 10. The fourth-order valence-electron chi connectivity index (χ4n) is 3.60. The van der Waals surface area contributed by atoms with Gasteiger partial charge in [-0.25, -0.2) is 4.68 Å². The van der Waals surface area contributed by atoms with E-state index in [9.17, 15) is 9.59 Å². The Morgan fingerprint density at radius 3 is 2.41 bits per heavy atom. The minimum Gasteiger partial charge on any atom is -0.497 e. The number of hydrogen-bond acceptors (Lipinski definition) is 6. The van der Waals surface area contributed by atoms with Crippen molar-refractivity contribution in [2.75, 3.05) is 46.3 Å². The molecule has 0 spiro atoms. The molecule has 1 N–H and O–H groups in total. The van der Waals surface area contributed by atoms with Gasteiger partial charge in [-0.3, -0.25) is 9.59 Å². The number of ether oxygens (including phenoxy) is 3. The maximum Gasteiger partial charge on any atom is 0.258 e. The zero-order valence-corrected chi connectivity index (χ0v) is 22.8. The van der Waals surface area contributed by atoms with Gasteiger partial charge in [-0.1, -0.05) is 44.5 Å². The Bertz CT molecular complexity index is 1250. The molecule has 1 heterocycles. The molecule has 0 unspecified atom stereocenters. The van der Waals surface area contributed by atoms with Crippen molar-refractivity contribution in [3.05, 3.63) is 64.8 Å². The molecule has 2 amide bonds. The molecule has 0 saturated carbocycles. The van der Waals surface area contributed by atoms with Crippen LogP contribution in [0.2, 0.25) is 5.02 Å². The van der Waals surface area contributed by atoms with Crippen LogP contribution in [-0.4, -0.2) is 67.5 Å². The number of anilines is 1. The zero-order chi connectivity index (χ0) is 27.2. The van der Waals surface area contributed by atoms with Crippen LogP contribution in [0.1, 0.15) is 36.8 Å². The first-order valence-electron chi connectivity index (χ1n) is 11.7. The maximum atomic E-state index is 13.4. The van der Waals surface area contributed by atoms with E-state index in [-0.39, 0.29) is 31.0 Å². The molecule has 9 nitrogen and oxygen atoms in total. The first-order chi connectivity index (χ1) is 17.6. The fourth-order valence-corrected chi connectivity index (χ4v) is 3.81. The Kier molecular flexibility index (Phi) is 9.18. The van der Waals surface area contributed by atoms with Gasteiger partial charge >= 0.3 is 0 Å². The van der Waals surface area contributed by atoms with Crippen molar-refractivity contribution < 1.29 is 23.8 Å². The lowest BCUT2D eigenvalue weighted by atomic mass is 9.92. The molecule has 0 radical (unpaired) electrons. The van der Waals surface area contributed by atoms with Gasteiger partial charge in [0.15, 0.2) is 0 Å². The number of aromatic nitrogens is 2. The number of carbonyl (C=O) groups excluding carboxylic acids is 2. The molecule has 3 rings (SSSR count). The van der Waals surface area contributed by atoms with Crippen molar-refractivity contribution in [1.29, 1.82) is 0 Å². The third-order valence-corrected chi connectivity index (χ3v) is 5.97. The minimum atomic E-state index is -0.398. The molecule has 10 heteroatoms. The normalized spacial score (nSPS) is 11.2. The second kappa shape index (κ2) is 12.1. The molecule has 0 saturated heterocycles. The Balaban J connectivity index is 1.90. The van der Waals surface area contributed by atoms with Gasteiger partial charge in [-0.15, -0.1) is 0 Å². The van der Waals surface area contributed by atoms with Crippen molar-refractivity contribution in [1.82, 2.24) is 14.7 Å². The average molecular weight is 529 g/mol. The molecular formula is C27H33ClN4O5. The van der Waals surface area contributed by atoms with E-state index >= 15 is 0 Å². The molecule has 0 bridgehead atoms. The van der Waals surface area contributed by atoms with Gasteiger partial charge in [0.1, 0.15) is 23.9 Å². The second-order valence-electron chi connectivity index (χ2n) is 9.36. The first kappa shape index (κ1) is 28.0. The van der Waals surface area contributed by atoms with Crippen molar-refractivity contribution in [2.45, 2.75) is 26.2 Å². The van der Waals surface area contributed by atoms with E-state index in [0.29, 0.717) is 33.6 Å². The number of benzene rings is 2. The third-order valence-electron chi connectivity index (χ3n) is 5.65. The molecule has 3 aromatic rings. The maximum absolute atomic E-state index is 13.4. The SMILES string of the molecule is COCCN(CC(=O)Nc1cc(C(C)(C)C)nn1-c1ccccc1Cl)C(=O)c1ccc(OC)cc1OC. The first-order valence-corrected chi connectivity index (χ1v) is 12.1. The number of hydrogen-bond donors (Lipinski definition) is 1. The van der Waals surface area contributed by atoms with Crippen LogP contribution in [0.25, 0.3) is 5.69 Å². The molecule has 0 atom stereocenters. The Morgan fingerprint density at radius 2 is 1.78 bits per heavy atom. The predicted octanol–water partition coefficient (Wildman–Crippen LogP) is 4.57. The highest BCUT2D eigenvalue weighted by Crippen LogP contribution is 2.29. The monoisotopic (exact) mass is 528 g/mol. The lowest BCUT2D eigenvalue weighted by Gasteiger charge is -2.23. The topological polar surface area (TPSA) is 94.9 Å². The van der Waals surface area contributed by atoms with Crippen molar-refractivity contribution >= 4 is 29.2 Å². The van der Waals surface area contributed by atoms with Crippen LogP contribution in [0.15, 0.2) is 48.5 Å². The summed E-state index contributed by atoms with van der Waals surface area (Å²) in [6.45, 7) is 6.34. The highest BCUT2D eigenvalue weighted by atomic mass is 35.5. The highest BCUT2D eigenvalue weighted by molar-refractivity contribution is 6.32. The van der Waals surface area contributed by atoms with E-state index in [1.54, 1.807) is 28.9 Å².